The second kappa shape index (κ2) is 11.2. The number of halogens is 3. The van der Waals surface area contributed by atoms with Crippen molar-refractivity contribution < 1.29 is 9.53 Å². The van der Waals surface area contributed by atoms with Crippen LogP contribution >= 0.6 is 36.4 Å². The van der Waals surface area contributed by atoms with E-state index in [-0.39, 0.29) is 36.9 Å². The number of carbonyl (C=O) groups excluding carboxylic acids is 1. The zero-order valence-electron chi connectivity index (χ0n) is 14.9. The van der Waals surface area contributed by atoms with Crippen LogP contribution < -0.4 is 15.4 Å². The van der Waals surface area contributed by atoms with E-state index in [9.17, 15) is 4.79 Å². The molecule has 0 spiro atoms. The lowest BCUT2D eigenvalue weighted by Crippen LogP contribution is -2.57. The lowest BCUT2D eigenvalue weighted by Gasteiger charge is -2.35. The molecular weight excluding hydrogens is 411 g/mol. The lowest BCUT2D eigenvalue weighted by molar-refractivity contribution is 0.133. The largest absolute Gasteiger partial charge is 0.490 e. The number of aromatic nitrogens is 1. The van der Waals surface area contributed by atoms with Crippen molar-refractivity contribution in [1.82, 2.24) is 15.2 Å². The number of piperazine rings is 1. The molecule has 1 atom stereocenters. The molecular formula is C18H23Cl3N4O2. The zero-order chi connectivity index (χ0) is 17.6. The third-order valence-corrected chi connectivity index (χ3v) is 4.29. The number of rotatable bonds is 4. The number of nitrogens with one attached hydrogen (secondary N) is 2. The number of amides is 2. The minimum atomic E-state index is -0.139. The van der Waals surface area contributed by atoms with E-state index in [1.54, 1.807) is 35.4 Å². The van der Waals surface area contributed by atoms with Crippen LogP contribution in [-0.4, -0.2) is 48.2 Å². The summed E-state index contributed by atoms with van der Waals surface area (Å²) < 4.78 is 5.81. The fourth-order valence-corrected chi connectivity index (χ4v) is 2.76. The first-order valence-electron chi connectivity index (χ1n) is 8.21. The van der Waals surface area contributed by atoms with Gasteiger partial charge in [-0.05, 0) is 43.3 Å². The van der Waals surface area contributed by atoms with Crippen LogP contribution in [0.3, 0.4) is 0 Å². The Balaban J connectivity index is 0.00000182. The van der Waals surface area contributed by atoms with E-state index in [1.165, 1.54) is 0 Å². The highest BCUT2D eigenvalue weighted by Crippen LogP contribution is 2.16. The standard InChI is InChI=1S/C18H21ClN4O2.2ClH/c1-13-2-7-17(11-21-13)25-12-16-10-20-8-9-23(16)18(24)22-15-5-3-14(19)4-6-15;;/h2-7,11,16,20H,8-10,12H2,1H3,(H,22,24);2*1H. The van der Waals surface area contributed by atoms with E-state index in [0.717, 1.165) is 17.9 Å². The number of hydrogen-bond donors (Lipinski definition) is 2. The Morgan fingerprint density at radius 1 is 1.30 bits per heavy atom. The molecule has 1 fully saturated rings. The van der Waals surface area contributed by atoms with Crippen molar-refractivity contribution in [1.29, 1.82) is 0 Å². The average molecular weight is 434 g/mol. The first-order chi connectivity index (χ1) is 12.1. The van der Waals surface area contributed by atoms with Gasteiger partial charge in [0, 0.05) is 36.0 Å². The second-order valence-electron chi connectivity index (χ2n) is 5.93. The highest BCUT2D eigenvalue weighted by Gasteiger charge is 2.27. The molecule has 1 aromatic carbocycles. The van der Waals surface area contributed by atoms with Gasteiger partial charge in [0.1, 0.15) is 12.4 Å². The first kappa shape index (κ1) is 23.3. The van der Waals surface area contributed by atoms with Crippen LogP contribution in [0, 0.1) is 6.92 Å². The summed E-state index contributed by atoms with van der Waals surface area (Å²) in [6, 6.07) is 10.7. The molecule has 0 aliphatic carbocycles. The fraction of sp³-hybridized carbons (Fsp3) is 0.333. The normalized spacial score (nSPS) is 15.9. The second-order valence-corrected chi connectivity index (χ2v) is 6.37. The summed E-state index contributed by atoms with van der Waals surface area (Å²) in [6.45, 7) is 4.41. The Kier molecular flexibility index (Phi) is 9.66. The molecule has 0 bridgehead atoms. The van der Waals surface area contributed by atoms with Gasteiger partial charge >= 0.3 is 6.03 Å². The van der Waals surface area contributed by atoms with Gasteiger partial charge in [-0.1, -0.05) is 11.6 Å². The van der Waals surface area contributed by atoms with Gasteiger partial charge in [0.25, 0.3) is 0 Å². The Hall–Kier alpha value is -1.73. The lowest BCUT2D eigenvalue weighted by atomic mass is 10.2. The van der Waals surface area contributed by atoms with Crippen molar-refractivity contribution in [3.8, 4) is 5.75 Å². The van der Waals surface area contributed by atoms with Crippen LogP contribution in [-0.2, 0) is 0 Å². The molecule has 1 aliphatic rings. The van der Waals surface area contributed by atoms with Crippen molar-refractivity contribution in [2.45, 2.75) is 13.0 Å². The molecule has 2 aromatic rings. The number of pyridine rings is 1. The van der Waals surface area contributed by atoms with Gasteiger partial charge in [-0.15, -0.1) is 24.8 Å². The summed E-state index contributed by atoms with van der Waals surface area (Å²) in [7, 11) is 0. The SMILES string of the molecule is Cc1ccc(OCC2CNCCN2C(=O)Nc2ccc(Cl)cc2)cn1.Cl.Cl. The number of carbonyl (C=O) groups is 1. The highest BCUT2D eigenvalue weighted by atomic mass is 35.5. The number of anilines is 1. The van der Waals surface area contributed by atoms with Gasteiger partial charge in [-0.2, -0.15) is 0 Å². The van der Waals surface area contributed by atoms with Gasteiger partial charge in [0.15, 0.2) is 0 Å². The van der Waals surface area contributed by atoms with Crippen LogP contribution in [0.1, 0.15) is 5.69 Å². The van der Waals surface area contributed by atoms with Gasteiger partial charge in [-0.25, -0.2) is 4.79 Å². The number of urea groups is 1. The van der Waals surface area contributed by atoms with Crippen molar-refractivity contribution in [2.24, 2.45) is 0 Å². The predicted octanol–water partition coefficient (Wildman–Crippen LogP) is 3.77. The quantitative estimate of drug-likeness (QED) is 0.770. The summed E-state index contributed by atoms with van der Waals surface area (Å²) in [6.07, 6.45) is 1.70. The van der Waals surface area contributed by atoms with Crippen molar-refractivity contribution in [3.63, 3.8) is 0 Å². The van der Waals surface area contributed by atoms with E-state index in [0.29, 0.717) is 30.5 Å². The maximum atomic E-state index is 12.6. The smallest absolute Gasteiger partial charge is 0.322 e. The van der Waals surface area contributed by atoms with Gasteiger partial charge in [0.05, 0.1) is 12.2 Å². The van der Waals surface area contributed by atoms with Crippen LogP contribution in [0.2, 0.25) is 5.02 Å². The molecule has 1 saturated heterocycles. The average Bonchev–Trinajstić information content (AvgIpc) is 2.63. The molecule has 9 heteroatoms. The van der Waals surface area contributed by atoms with Crippen LogP contribution in [0.5, 0.6) is 5.75 Å². The zero-order valence-corrected chi connectivity index (χ0v) is 17.2. The maximum absolute atomic E-state index is 12.6. The third kappa shape index (κ3) is 6.74. The Morgan fingerprint density at radius 3 is 2.70 bits per heavy atom. The van der Waals surface area contributed by atoms with Crippen molar-refractivity contribution in [2.75, 3.05) is 31.6 Å². The first-order valence-corrected chi connectivity index (χ1v) is 8.59. The summed E-state index contributed by atoms with van der Waals surface area (Å²) in [4.78, 5) is 18.6. The molecule has 148 valence electrons. The number of ether oxygens (including phenoxy) is 1. The topological polar surface area (TPSA) is 66.5 Å². The van der Waals surface area contributed by atoms with E-state index >= 15 is 0 Å². The highest BCUT2D eigenvalue weighted by molar-refractivity contribution is 6.30. The van der Waals surface area contributed by atoms with Crippen LogP contribution in [0.4, 0.5) is 10.5 Å². The molecule has 6 nitrogen and oxygen atoms in total. The van der Waals surface area contributed by atoms with Crippen molar-refractivity contribution in [3.05, 3.63) is 53.3 Å². The van der Waals surface area contributed by atoms with Gasteiger partial charge in [-0.3, -0.25) is 4.98 Å². The summed E-state index contributed by atoms with van der Waals surface area (Å²) in [5.74, 6) is 0.703. The Labute approximate surface area is 176 Å². The molecule has 3 rings (SSSR count). The van der Waals surface area contributed by atoms with Crippen molar-refractivity contribution >= 4 is 48.1 Å². The molecule has 2 heterocycles. The summed E-state index contributed by atoms with van der Waals surface area (Å²) in [5.41, 5.74) is 1.66. The molecule has 2 amide bonds. The van der Waals surface area contributed by atoms with E-state index in [2.05, 4.69) is 15.6 Å². The molecule has 27 heavy (non-hydrogen) atoms. The fourth-order valence-electron chi connectivity index (χ4n) is 2.64. The van der Waals surface area contributed by atoms with Gasteiger partial charge < -0.3 is 20.3 Å². The molecule has 2 N–H and O–H groups in total. The Morgan fingerprint density at radius 2 is 2.04 bits per heavy atom. The predicted molar refractivity (Wildman–Crippen MR) is 113 cm³/mol. The molecule has 0 radical (unpaired) electrons. The minimum Gasteiger partial charge on any atom is -0.490 e. The van der Waals surface area contributed by atoms with E-state index in [4.69, 9.17) is 16.3 Å². The summed E-state index contributed by atoms with van der Waals surface area (Å²) >= 11 is 5.88. The maximum Gasteiger partial charge on any atom is 0.322 e. The molecule has 1 aliphatic heterocycles. The van der Waals surface area contributed by atoms with Crippen LogP contribution in [0.25, 0.3) is 0 Å². The molecule has 1 aromatic heterocycles. The van der Waals surface area contributed by atoms with Crippen LogP contribution in [0.15, 0.2) is 42.6 Å². The number of aryl methyl sites for hydroxylation is 1. The molecule has 0 saturated carbocycles. The number of benzene rings is 1. The monoisotopic (exact) mass is 432 g/mol. The van der Waals surface area contributed by atoms with E-state index in [1.807, 2.05) is 19.1 Å². The Bertz CT molecular complexity index is 714. The minimum absolute atomic E-state index is 0. The van der Waals surface area contributed by atoms with E-state index < -0.39 is 0 Å². The molecule has 1 unspecified atom stereocenters. The number of hydrogen-bond acceptors (Lipinski definition) is 4. The summed E-state index contributed by atoms with van der Waals surface area (Å²) in [5, 5.41) is 6.85. The number of nitrogens with zero attached hydrogens (tertiary/aromatic N) is 2. The third-order valence-electron chi connectivity index (χ3n) is 4.03. The van der Waals surface area contributed by atoms with Gasteiger partial charge in [0.2, 0.25) is 0 Å².